The fourth-order valence-corrected chi connectivity index (χ4v) is 1.46. The second-order valence-electron chi connectivity index (χ2n) is 3.75. The van der Waals surface area contributed by atoms with Crippen molar-refractivity contribution >= 4 is 0 Å². The van der Waals surface area contributed by atoms with Crippen LogP contribution in [0.2, 0.25) is 0 Å². The third-order valence-electron chi connectivity index (χ3n) is 2.44. The van der Waals surface area contributed by atoms with Crippen molar-refractivity contribution in [2.75, 3.05) is 20.2 Å². The minimum Gasteiger partial charge on any atom is -0.390 e. The van der Waals surface area contributed by atoms with Gasteiger partial charge in [-0.05, 0) is 6.58 Å². The van der Waals surface area contributed by atoms with Gasteiger partial charge in [-0.3, -0.25) is 4.48 Å². The van der Waals surface area contributed by atoms with Gasteiger partial charge in [0.25, 0.3) is 0 Å². The Labute approximate surface area is 85.7 Å². The summed E-state index contributed by atoms with van der Waals surface area (Å²) in [5.41, 5.74) is 1.27. The maximum atomic E-state index is 8.95. The third-order valence-corrected chi connectivity index (χ3v) is 2.44. The lowest BCUT2D eigenvalue weighted by atomic mass is 10.2. The van der Waals surface area contributed by atoms with Crippen molar-refractivity contribution < 1.29 is 9.59 Å². The number of nitrogens with zero attached hydrogens (tertiary/aromatic N) is 1. The van der Waals surface area contributed by atoms with Crippen LogP contribution < -0.4 is 0 Å². The number of hydrogen-bond acceptors (Lipinski definition) is 1. The molecule has 1 rings (SSSR count). The van der Waals surface area contributed by atoms with E-state index in [-0.39, 0.29) is 6.61 Å². The highest BCUT2D eigenvalue weighted by Gasteiger charge is 2.17. The molecule has 1 aromatic rings. The van der Waals surface area contributed by atoms with Gasteiger partial charge in [-0.2, -0.15) is 0 Å². The first-order valence-electron chi connectivity index (χ1n) is 4.83. The zero-order valence-corrected chi connectivity index (χ0v) is 8.69. The SMILES string of the molecule is C=C[N+](C)(CCO)Cc1ccccc1. The molecule has 0 fully saturated rings. The van der Waals surface area contributed by atoms with Gasteiger partial charge in [-0.1, -0.05) is 30.3 Å². The summed E-state index contributed by atoms with van der Waals surface area (Å²) in [6, 6.07) is 10.3. The van der Waals surface area contributed by atoms with Gasteiger partial charge < -0.3 is 5.11 Å². The Morgan fingerprint density at radius 3 is 2.50 bits per heavy atom. The molecule has 0 spiro atoms. The quantitative estimate of drug-likeness (QED) is 0.705. The lowest BCUT2D eigenvalue weighted by Gasteiger charge is -2.29. The third kappa shape index (κ3) is 2.98. The van der Waals surface area contributed by atoms with Crippen molar-refractivity contribution in [3.05, 3.63) is 48.7 Å². The predicted molar refractivity (Wildman–Crippen MR) is 58.5 cm³/mol. The lowest BCUT2D eigenvalue weighted by Crippen LogP contribution is -2.39. The second-order valence-corrected chi connectivity index (χ2v) is 3.75. The van der Waals surface area contributed by atoms with E-state index in [1.165, 1.54) is 5.56 Å². The molecule has 14 heavy (non-hydrogen) atoms. The van der Waals surface area contributed by atoms with Crippen molar-refractivity contribution in [3.63, 3.8) is 0 Å². The molecule has 0 amide bonds. The summed E-state index contributed by atoms with van der Waals surface area (Å²) in [7, 11) is 2.07. The van der Waals surface area contributed by atoms with E-state index in [1.807, 2.05) is 24.4 Å². The largest absolute Gasteiger partial charge is 0.390 e. The molecule has 76 valence electrons. The van der Waals surface area contributed by atoms with Crippen molar-refractivity contribution in [1.29, 1.82) is 0 Å². The van der Waals surface area contributed by atoms with Crippen LogP contribution in [0.5, 0.6) is 0 Å². The second kappa shape index (κ2) is 4.94. The predicted octanol–water partition coefficient (Wildman–Crippen LogP) is 1.77. The fourth-order valence-electron chi connectivity index (χ4n) is 1.46. The number of likely N-dealkylation sites (N-methyl/N-ethyl adjacent to an activating group) is 1. The van der Waals surface area contributed by atoms with E-state index in [9.17, 15) is 0 Å². The molecular formula is C12H18NO+. The number of aliphatic hydroxyl groups excluding tert-OH is 1. The van der Waals surface area contributed by atoms with Crippen molar-refractivity contribution in [3.8, 4) is 0 Å². The smallest absolute Gasteiger partial charge is 0.108 e. The van der Waals surface area contributed by atoms with Gasteiger partial charge in [-0.25, -0.2) is 0 Å². The van der Waals surface area contributed by atoms with Crippen molar-refractivity contribution in [2.24, 2.45) is 0 Å². The van der Waals surface area contributed by atoms with E-state index in [0.717, 1.165) is 6.54 Å². The van der Waals surface area contributed by atoms with Crippen molar-refractivity contribution in [2.45, 2.75) is 6.54 Å². The Bertz CT molecular complexity index is 284. The highest BCUT2D eigenvalue weighted by atomic mass is 16.3. The number of aliphatic hydroxyl groups is 1. The molecule has 0 saturated heterocycles. The fraction of sp³-hybridized carbons (Fsp3) is 0.333. The minimum absolute atomic E-state index is 0.190. The van der Waals surface area contributed by atoms with Crippen LogP contribution in [0.3, 0.4) is 0 Å². The maximum Gasteiger partial charge on any atom is 0.108 e. The first kappa shape index (κ1) is 11.0. The minimum atomic E-state index is 0.190. The summed E-state index contributed by atoms with van der Waals surface area (Å²) >= 11 is 0. The number of rotatable bonds is 5. The van der Waals surface area contributed by atoms with Gasteiger partial charge in [0.05, 0.1) is 19.9 Å². The molecule has 1 unspecified atom stereocenters. The van der Waals surface area contributed by atoms with Gasteiger partial charge in [0.2, 0.25) is 0 Å². The Morgan fingerprint density at radius 1 is 1.36 bits per heavy atom. The topological polar surface area (TPSA) is 20.2 Å². The van der Waals surface area contributed by atoms with Gasteiger partial charge >= 0.3 is 0 Å². The molecular weight excluding hydrogens is 174 g/mol. The normalized spacial score (nSPS) is 14.7. The first-order chi connectivity index (χ1) is 6.70. The molecule has 1 atom stereocenters. The highest BCUT2D eigenvalue weighted by Crippen LogP contribution is 2.11. The van der Waals surface area contributed by atoms with Crippen LogP contribution in [0.15, 0.2) is 43.1 Å². The summed E-state index contributed by atoms with van der Waals surface area (Å²) in [5, 5.41) is 8.95. The number of hydrogen-bond donors (Lipinski definition) is 1. The Kier molecular flexibility index (Phi) is 3.86. The van der Waals surface area contributed by atoms with Crippen LogP contribution in [0.1, 0.15) is 5.56 Å². The molecule has 0 aliphatic rings. The molecule has 1 N–H and O–H groups in total. The molecule has 0 aliphatic carbocycles. The molecule has 0 bridgehead atoms. The molecule has 2 nitrogen and oxygen atoms in total. The van der Waals surface area contributed by atoms with E-state index in [0.29, 0.717) is 11.0 Å². The zero-order chi connectivity index (χ0) is 10.4. The van der Waals surface area contributed by atoms with Gasteiger partial charge in [-0.15, -0.1) is 0 Å². The summed E-state index contributed by atoms with van der Waals surface area (Å²) in [4.78, 5) is 0. The van der Waals surface area contributed by atoms with E-state index >= 15 is 0 Å². The van der Waals surface area contributed by atoms with Gasteiger partial charge in [0, 0.05) is 5.56 Å². The highest BCUT2D eigenvalue weighted by molar-refractivity contribution is 5.13. The molecule has 0 aromatic heterocycles. The Hall–Kier alpha value is -1.12. The zero-order valence-electron chi connectivity index (χ0n) is 8.69. The monoisotopic (exact) mass is 192 g/mol. The standard InChI is InChI=1S/C12H18NO/c1-3-13(2,9-10-14)11-12-7-5-4-6-8-12/h3-8,14H,1,9-11H2,2H3/q+1. The molecule has 0 aliphatic heterocycles. The Morgan fingerprint density at radius 2 is 2.00 bits per heavy atom. The lowest BCUT2D eigenvalue weighted by molar-refractivity contribution is -0.873. The average molecular weight is 192 g/mol. The van der Waals surface area contributed by atoms with E-state index < -0.39 is 0 Å². The van der Waals surface area contributed by atoms with Crippen LogP contribution in [-0.2, 0) is 6.54 Å². The number of quaternary nitrogens is 1. The average Bonchev–Trinajstić information content (AvgIpc) is 2.20. The Balaban J connectivity index is 2.70. The van der Waals surface area contributed by atoms with Crippen LogP contribution in [-0.4, -0.2) is 29.8 Å². The van der Waals surface area contributed by atoms with Crippen LogP contribution >= 0.6 is 0 Å². The maximum absolute atomic E-state index is 8.95. The van der Waals surface area contributed by atoms with Crippen molar-refractivity contribution in [1.82, 2.24) is 0 Å². The summed E-state index contributed by atoms with van der Waals surface area (Å²) in [6.45, 7) is 5.59. The molecule has 1 aromatic carbocycles. The molecule has 2 heteroatoms. The van der Waals surface area contributed by atoms with E-state index in [1.54, 1.807) is 0 Å². The van der Waals surface area contributed by atoms with Gasteiger partial charge in [0.1, 0.15) is 13.1 Å². The summed E-state index contributed by atoms with van der Waals surface area (Å²) < 4.78 is 0.667. The van der Waals surface area contributed by atoms with Crippen LogP contribution in [0.25, 0.3) is 0 Å². The van der Waals surface area contributed by atoms with E-state index in [2.05, 4.69) is 25.8 Å². The van der Waals surface area contributed by atoms with Crippen LogP contribution in [0, 0.1) is 0 Å². The number of benzene rings is 1. The molecule has 0 heterocycles. The van der Waals surface area contributed by atoms with E-state index in [4.69, 9.17) is 5.11 Å². The first-order valence-corrected chi connectivity index (χ1v) is 4.83. The summed E-state index contributed by atoms with van der Waals surface area (Å²) in [5.74, 6) is 0. The molecule has 0 radical (unpaired) electrons. The molecule has 0 saturated carbocycles. The van der Waals surface area contributed by atoms with Gasteiger partial charge in [0.15, 0.2) is 0 Å². The van der Waals surface area contributed by atoms with Crippen LogP contribution in [0.4, 0.5) is 0 Å². The summed E-state index contributed by atoms with van der Waals surface area (Å²) in [6.07, 6.45) is 1.88.